The highest BCUT2D eigenvalue weighted by atomic mass is 32.1. The summed E-state index contributed by atoms with van der Waals surface area (Å²) in [6.45, 7) is 0. The van der Waals surface area contributed by atoms with Crippen molar-refractivity contribution in [2.75, 3.05) is 4.90 Å². The van der Waals surface area contributed by atoms with Gasteiger partial charge in [0.15, 0.2) is 0 Å². The summed E-state index contributed by atoms with van der Waals surface area (Å²) in [4.78, 5) is 3.78. The maximum atomic E-state index is 2.39. The molecule has 2 aromatic heterocycles. The van der Waals surface area contributed by atoms with Crippen molar-refractivity contribution in [1.82, 2.24) is 4.57 Å². The molecule has 0 fully saturated rings. The van der Waals surface area contributed by atoms with Crippen molar-refractivity contribution in [1.29, 1.82) is 0 Å². The van der Waals surface area contributed by atoms with E-state index >= 15 is 0 Å². The molecular weight excluding hydrogens is 745 g/mol. The summed E-state index contributed by atoms with van der Waals surface area (Å²) >= 11 is 1.94. The molecule has 13 rings (SSSR count). The lowest BCUT2D eigenvalue weighted by Crippen LogP contribution is -2.26. The van der Waals surface area contributed by atoms with Crippen molar-refractivity contribution >= 4 is 60.3 Å². The normalized spacial score (nSPS) is 13.1. The van der Waals surface area contributed by atoms with Crippen LogP contribution in [-0.2, 0) is 5.41 Å². The first-order valence-corrected chi connectivity index (χ1v) is 21.5. The summed E-state index contributed by atoms with van der Waals surface area (Å²) in [5.41, 5.74) is 18.5. The van der Waals surface area contributed by atoms with Gasteiger partial charge in [0.25, 0.3) is 0 Å². The molecule has 3 heteroatoms. The van der Waals surface area contributed by atoms with Crippen LogP contribution in [0.2, 0.25) is 0 Å². The van der Waals surface area contributed by atoms with Gasteiger partial charge >= 0.3 is 0 Å². The molecule has 0 saturated heterocycles. The number of benzene rings is 9. The summed E-state index contributed by atoms with van der Waals surface area (Å²) in [7, 11) is 0. The molecule has 9 aromatic carbocycles. The molecule has 0 N–H and O–H groups in total. The average molecular weight is 781 g/mol. The van der Waals surface area contributed by atoms with Gasteiger partial charge in [-0.1, -0.05) is 152 Å². The highest BCUT2D eigenvalue weighted by Crippen LogP contribution is 2.67. The molecule has 0 bridgehead atoms. The zero-order chi connectivity index (χ0) is 39.4. The van der Waals surface area contributed by atoms with Gasteiger partial charge in [0.05, 0.1) is 16.4 Å². The number of thiophene rings is 1. The van der Waals surface area contributed by atoms with Crippen molar-refractivity contribution in [2.24, 2.45) is 0 Å². The molecule has 2 heterocycles. The Bertz CT molecular complexity index is 3440. The monoisotopic (exact) mass is 780 g/mol. The number of hydrogen-bond acceptors (Lipinski definition) is 2. The van der Waals surface area contributed by atoms with Gasteiger partial charge in [0.2, 0.25) is 0 Å². The lowest BCUT2D eigenvalue weighted by atomic mass is 9.68. The quantitative estimate of drug-likeness (QED) is 0.169. The van der Waals surface area contributed by atoms with Crippen molar-refractivity contribution in [3.05, 3.63) is 241 Å². The highest BCUT2D eigenvalue weighted by molar-refractivity contribution is 7.22. The maximum absolute atomic E-state index is 2.39. The Hall–Kier alpha value is -7.46. The molecule has 0 aliphatic heterocycles. The summed E-state index contributed by atoms with van der Waals surface area (Å²) in [6, 6.07) is 80.6. The molecule has 0 saturated carbocycles. The summed E-state index contributed by atoms with van der Waals surface area (Å²) in [6.07, 6.45) is 0. The molecule has 2 nitrogen and oxygen atoms in total. The minimum absolute atomic E-state index is 0.433. The van der Waals surface area contributed by atoms with E-state index in [-0.39, 0.29) is 0 Å². The molecule has 280 valence electrons. The smallest absolute Gasteiger partial charge is 0.0746 e. The van der Waals surface area contributed by atoms with E-state index in [1.54, 1.807) is 0 Å². The number of nitrogens with zero attached hydrogens (tertiary/aromatic N) is 2. The summed E-state index contributed by atoms with van der Waals surface area (Å²) in [5, 5.41) is 3.82. The van der Waals surface area contributed by atoms with E-state index in [0.717, 1.165) is 22.7 Å². The Kier molecular flexibility index (Phi) is 7.13. The highest BCUT2D eigenvalue weighted by Gasteiger charge is 2.54. The lowest BCUT2D eigenvalue weighted by Gasteiger charge is -2.32. The number of anilines is 3. The van der Waals surface area contributed by atoms with E-state index in [1.807, 2.05) is 11.3 Å². The van der Waals surface area contributed by atoms with Gasteiger partial charge in [0.1, 0.15) is 0 Å². The standard InChI is InChI=1S/C57H36N2S/c1-3-16-38(17-4-1)58(41-34-35-52-48(36-41)45-22-9-13-28-51(45)59(52)39-18-5-2-6-19-39)40-32-30-37(31-33-40)42-24-15-25-47-54(42)57(55-46-23-10-14-29-53(46)60-56(47)55)49-26-11-7-20-43(49)44-21-8-12-27-50(44)57/h1-36H. The third kappa shape index (κ3) is 4.53. The van der Waals surface area contributed by atoms with Gasteiger partial charge in [0, 0.05) is 43.1 Å². The number of rotatable bonds is 5. The van der Waals surface area contributed by atoms with Crippen LogP contribution in [0.25, 0.3) is 70.3 Å². The van der Waals surface area contributed by atoms with Crippen LogP contribution in [0, 0.1) is 0 Å². The van der Waals surface area contributed by atoms with Crippen LogP contribution >= 0.6 is 11.3 Å². The fourth-order valence-electron chi connectivity index (χ4n) is 10.7. The zero-order valence-corrected chi connectivity index (χ0v) is 33.4. The number of hydrogen-bond donors (Lipinski definition) is 0. The largest absolute Gasteiger partial charge is 0.310 e. The zero-order valence-electron chi connectivity index (χ0n) is 32.6. The average Bonchev–Trinajstić information content (AvgIpc) is 4.03. The van der Waals surface area contributed by atoms with E-state index in [0.29, 0.717) is 0 Å². The Balaban J connectivity index is 1.00. The first kappa shape index (κ1) is 33.5. The molecule has 0 atom stereocenters. The van der Waals surface area contributed by atoms with E-state index in [9.17, 15) is 0 Å². The minimum Gasteiger partial charge on any atom is -0.310 e. The second-order valence-corrected chi connectivity index (χ2v) is 17.0. The number of para-hydroxylation sites is 3. The van der Waals surface area contributed by atoms with Crippen LogP contribution in [0.3, 0.4) is 0 Å². The Morgan fingerprint density at radius 3 is 1.72 bits per heavy atom. The predicted molar refractivity (Wildman–Crippen MR) is 253 cm³/mol. The first-order valence-electron chi connectivity index (χ1n) is 20.7. The minimum atomic E-state index is -0.433. The lowest BCUT2D eigenvalue weighted by molar-refractivity contribution is 0.804. The second kappa shape index (κ2) is 12.8. The van der Waals surface area contributed by atoms with Crippen LogP contribution in [0.4, 0.5) is 17.1 Å². The molecule has 11 aromatic rings. The molecule has 2 aliphatic rings. The van der Waals surface area contributed by atoms with Crippen LogP contribution < -0.4 is 4.90 Å². The van der Waals surface area contributed by atoms with Crippen LogP contribution in [0.5, 0.6) is 0 Å². The van der Waals surface area contributed by atoms with Crippen molar-refractivity contribution in [3.8, 4) is 38.4 Å². The van der Waals surface area contributed by atoms with Gasteiger partial charge < -0.3 is 9.47 Å². The molecule has 0 radical (unpaired) electrons. The molecule has 60 heavy (non-hydrogen) atoms. The molecule has 0 unspecified atom stereocenters. The third-order valence-corrected chi connectivity index (χ3v) is 14.2. The van der Waals surface area contributed by atoms with Gasteiger partial charge in [-0.2, -0.15) is 0 Å². The number of aromatic nitrogens is 1. The summed E-state index contributed by atoms with van der Waals surface area (Å²) < 4.78 is 3.72. The van der Waals surface area contributed by atoms with E-state index in [4.69, 9.17) is 0 Å². The molecule has 1 spiro atoms. The van der Waals surface area contributed by atoms with E-state index in [1.165, 1.54) is 86.8 Å². The van der Waals surface area contributed by atoms with Crippen LogP contribution in [0.1, 0.15) is 22.3 Å². The third-order valence-electron chi connectivity index (χ3n) is 13.0. The fourth-order valence-corrected chi connectivity index (χ4v) is 12.0. The summed E-state index contributed by atoms with van der Waals surface area (Å²) in [5.74, 6) is 0. The first-order chi connectivity index (χ1) is 29.8. The van der Waals surface area contributed by atoms with Crippen molar-refractivity contribution < 1.29 is 0 Å². The fraction of sp³-hybridized carbons (Fsp3) is 0.0175. The van der Waals surface area contributed by atoms with Gasteiger partial charge in [-0.3, -0.25) is 0 Å². The van der Waals surface area contributed by atoms with Crippen molar-refractivity contribution in [3.63, 3.8) is 0 Å². The molecular formula is C57H36N2S. The van der Waals surface area contributed by atoms with Gasteiger partial charge in [-0.25, -0.2) is 0 Å². The Morgan fingerprint density at radius 1 is 0.383 bits per heavy atom. The molecule has 0 amide bonds. The van der Waals surface area contributed by atoms with E-state index < -0.39 is 5.41 Å². The van der Waals surface area contributed by atoms with Crippen LogP contribution in [0.15, 0.2) is 218 Å². The van der Waals surface area contributed by atoms with Crippen molar-refractivity contribution in [2.45, 2.75) is 5.41 Å². The molecule has 2 aliphatic carbocycles. The second-order valence-electron chi connectivity index (χ2n) is 16.0. The van der Waals surface area contributed by atoms with Gasteiger partial charge in [-0.15, -0.1) is 11.3 Å². The Morgan fingerprint density at radius 2 is 0.950 bits per heavy atom. The number of fused-ring (bicyclic) bond motifs is 15. The maximum Gasteiger partial charge on any atom is 0.0746 e. The SMILES string of the molecule is c1ccc(N(c2ccc(-c3cccc4c3C3(c5ccccc5-c5ccccc53)c3c-4sc4ccccc34)cc2)c2ccc3c(c2)c2ccccc2n3-c2ccccc2)cc1. The van der Waals surface area contributed by atoms with Gasteiger partial charge in [-0.05, 0) is 122 Å². The topological polar surface area (TPSA) is 8.17 Å². The van der Waals surface area contributed by atoms with Crippen LogP contribution in [-0.4, -0.2) is 4.57 Å². The Labute approximate surface area is 352 Å². The predicted octanol–water partition coefficient (Wildman–Crippen LogP) is 15.5. The van der Waals surface area contributed by atoms with E-state index in [2.05, 4.69) is 228 Å².